The molecule has 0 aliphatic rings. The van der Waals surface area contributed by atoms with Gasteiger partial charge in [0.15, 0.2) is 0 Å². The molecule has 0 saturated carbocycles. The third kappa shape index (κ3) is 5.31. The summed E-state index contributed by atoms with van der Waals surface area (Å²) >= 11 is 0. The summed E-state index contributed by atoms with van der Waals surface area (Å²) in [4.78, 5) is 10.6. The van der Waals surface area contributed by atoms with Crippen LogP contribution in [0.15, 0.2) is 12.2 Å². The normalized spacial score (nSPS) is 9.00. The Morgan fingerprint density at radius 3 is 2.60 bits per heavy atom. The van der Waals surface area contributed by atoms with Crippen LogP contribution in [0.3, 0.4) is 0 Å². The number of allylic oxidation sites excluding steroid dienone is 1. The Bertz CT molecular complexity index is 132. The second kappa shape index (κ2) is 4.99. The van der Waals surface area contributed by atoms with Gasteiger partial charge in [-0.25, -0.2) is 0 Å². The van der Waals surface area contributed by atoms with E-state index in [-0.39, 0.29) is 12.7 Å². The molecule has 58 valence electrons. The van der Waals surface area contributed by atoms with Crippen molar-refractivity contribution in [2.75, 3.05) is 6.73 Å². The lowest BCUT2D eigenvalue weighted by molar-refractivity contribution is -0.143. The number of carbonyl (C=O) groups excluding carboxylic acids is 1. The number of esters is 1. The van der Waals surface area contributed by atoms with Gasteiger partial charge in [-0.1, -0.05) is 5.57 Å². The zero-order chi connectivity index (χ0) is 7.98. The zero-order valence-corrected chi connectivity index (χ0v) is 6.22. The molecule has 0 spiro atoms. The predicted molar refractivity (Wildman–Crippen MR) is 39.2 cm³/mol. The first-order valence-corrected chi connectivity index (χ1v) is 3.17. The molecule has 0 saturated heterocycles. The first-order chi connectivity index (χ1) is 4.66. The first-order valence-electron chi connectivity index (χ1n) is 3.17. The summed E-state index contributed by atoms with van der Waals surface area (Å²) in [5, 5.41) is 0. The summed E-state index contributed by atoms with van der Waals surface area (Å²) in [5.74, 6) is -0.259. The third-order valence-corrected chi connectivity index (χ3v) is 1.00. The van der Waals surface area contributed by atoms with Gasteiger partial charge in [0.25, 0.3) is 0 Å². The predicted octanol–water partition coefficient (Wildman–Crippen LogP) is 0.802. The average molecular weight is 143 g/mol. The molecule has 0 atom stereocenters. The number of hydrogen-bond acceptors (Lipinski definition) is 3. The molecule has 0 aromatic rings. The second-order valence-electron chi connectivity index (χ2n) is 2.14. The van der Waals surface area contributed by atoms with Crippen LogP contribution in [0.2, 0.25) is 0 Å². The summed E-state index contributed by atoms with van der Waals surface area (Å²) in [6, 6.07) is 0. The molecule has 0 aromatic carbocycles. The molecule has 3 heteroatoms. The highest BCUT2D eigenvalue weighted by Gasteiger charge is 1.99. The number of ether oxygens (including phenoxy) is 1. The summed E-state index contributed by atoms with van der Waals surface area (Å²) in [6.45, 7) is 5.49. The molecule has 0 bridgehead atoms. The van der Waals surface area contributed by atoms with Gasteiger partial charge in [-0.15, -0.1) is 6.58 Å². The Labute approximate surface area is 60.9 Å². The number of rotatable bonds is 4. The van der Waals surface area contributed by atoms with Gasteiger partial charge in [-0.2, -0.15) is 0 Å². The van der Waals surface area contributed by atoms with Crippen molar-refractivity contribution in [2.24, 2.45) is 5.73 Å². The zero-order valence-electron chi connectivity index (χ0n) is 6.22. The number of hydrogen-bond donors (Lipinski definition) is 1. The topological polar surface area (TPSA) is 52.3 Å². The minimum Gasteiger partial charge on any atom is -0.450 e. The van der Waals surface area contributed by atoms with Crippen molar-refractivity contribution in [3.05, 3.63) is 12.2 Å². The molecule has 0 heterocycles. The molecular formula is C7H13NO2. The van der Waals surface area contributed by atoms with Gasteiger partial charge in [-0.3, -0.25) is 10.5 Å². The Morgan fingerprint density at radius 2 is 2.20 bits per heavy atom. The lowest BCUT2D eigenvalue weighted by atomic mass is 10.2. The van der Waals surface area contributed by atoms with Crippen LogP contribution in [-0.2, 0) is 9.53 Å². The van der Waals surface area contributed by atoms with Gasteiger partial charge in [0.2, 0.25) is 0 Å². The number of nitrogens with two attached hydrogens (primary N) is 1. The largest absolute Gasteiger partial charge is 0.450 e. The Morgan fingerprint density at radius 1 is 1.60 bits per heavy atom. The molecule has 0 aromatic heterocycles. The molecule has 0 rings (SSSR count). The molecule has 10 heavy (non-hydrogen) atoms. The lowest BCUT2D eigenvalue weighted by Crippen LogP contribution is -2.11. The van der Waals surface area contributed by atoms with Crippen LogP contribution in [0.25, 0.3) is 0 Å². The molecule has 3 nitrogen and oxygen atoms in total. The van der Waals surface area contributed by atoms with E-state index in [1.54, 1.807) is 0 Å². The van der Waals surface area contributed by atoms with E-state index in [0.717, 1.165) is 5.57 Å². The van der Waals surface area contributed by atoms with Crippen LogP contribution >= 0.6 is 0 Å². The molecular weight excluding hydrogens is 130 g/mol. The van der Waals surface area contributed by atoms with E-state index in [9.17, 15) is 4.79 Å². The van der Waals surface area contributed by atoms with Gasteiger partial charge < -0.3 is 4.74 Å². The minimum absolute atomic E-state index is 0.0327. The van der Waals surface area contributed by atoms with Crippen LogP contribution in [0, 0.1) is 0 Å². The maximum Gasteiger partial charge on any atom is 0.307 e. The fourth-order valence-corrected chi connectivity index (χ4v) is 0.481. The Balaban J connectivity index is 3.30. The van der Waals surface area contributed by atoms with E-state index in [0.29, 0.717) is 12.8 Å². The van der Waals surface area contributed by atoms with Gasteiger partial charge in [0.1, 0.15) is 6.73 Å². The Kier molecular flexibility index (Phi) is 4.58. The summed E-state index contributed by atoms with van der Waals surface area (Å²) < 4.78 is 4.49. The van der Waals surface area contributed by atoms with Crippen molar-refractivity contribution in [2.45, 2.75) is 19.8 Å². The smallest absolute Gasteiger partial charge is 0.307 e. The first kappa shape index (κ1) is 9.17. The monoisotopic (exact) mass is 143 g/mol. The van der Waals surface area contributed by atoms with Crippen LogP contribution < -0.4 is 5.73 Å². The highest BCUT2D eigenvalue weighted by Crippen LogP contribution is 2.00. The van der Waals surface area contributed by atoms with Crippen molar-refractivity contribution in [1.29, 1.82) is 0 Å². The van der Waals surface area contributed by atoms with Crippen molar-refractivity contribution < 1.29 is 9.53 Å². The minimum atomic E-state index is -0.259. The molecule has 0 amide bonds. The molecule has 0 aliphatic heterocycles. The molecule has 0 unspecified atom stereocenters. The van der Waals surface area contributed by atoms with E-state index in [4.69, 9.17) is 5.73 Å². The number of carbonyl (C=O) groups is 1. The molecule has 2 N–H and O–H groups in total. The Hall–Kier alpha value is -0.830. The lowest BCUT2D eigenvalue weighted by Gasteiger charge is -1.99. The highest BCUT2D eigenvalue weighted by molar-refractivity contribution is 5.69. The van der Waals surface area contributed by atoms with Crippen LogP contribution in [0.1, 0.15) is 19.8 Å². The van der Waals surface area contributed by atoms with Gasteiger partial charge >= 0.3 is 5.97 Å². The van der Waals surface area contributed by atoms with Crippen molar-refractivity contribution in [3.63, 3.8) is 0 Å². The van der Waals surface area contributed by atoms with Crippen molar-refractivity contribution in [3.8, 4) is 0 Å². The van der Waals surface area contributed by atoms with Crippen LogP contribution in [-0.4, -0.2) is 12.7 Å². The third-order valence-electron chi connectivity index (χ3n) is 1.00. The highest BCUT2D eigenvalue weighted by atomic mass is 16.5. The van der Waals surface area contributed by atoms with Crippen LogP contribution in [0.5, 0.6) is 0 Å². The van der Waals surface area contributed by atoms with E-state index >= 15 is 0 Å². The molecule has 0 aliphatic carbocycles. The summed E-state index contributed by atoms with van der Waals surface area (Å²) in [6.07, 6.45) is 1.06. The average Bonchev–Trinajstić information content (AvgIpc) is 1.85. The quantitative estimate of drug-likeness (QED) is 0.360. The fraction of sp³-hybridized carbons (Fsp3) is 0.571. The maximum absolute atomic E-state index is 10.6. The summed E-state index contributed by atoms with van der Waals surface area (Å²) in [5.41, 5.74) is 5.95. The van der Waals surface area contributed by atoms with Gasteiger partial charge in [0.05, 0.1) is 0 Å². The van der Waals surface area contributed by atoms with Gasteiger partial charge in [0, 0.05) is 6.42 Å². The fourth-order valence-electron chi connectivity index (χ4n) is 0.481. The van der Waals surface area contributed by atoms with Gasteiger partial charge in [-0.05, 0) is 13.3 Å². The second-order valence-corrected chi connectivity index (χ2v) is 2.14. The van der Waals surface area contributed by atoms with Crippen molar-refractivity contribution >= 4 is 5.97 Å². The van der Waals surface area contributed by atoms with E-state index in [1.807, 2.05) is 6.92 Å². The van der Waals surface area contributed by atoms with E-state index in [1.165, 1.54) is 0 Å². The molecule has 0 fully saturated rings. The maximum atomic E-state index is 10.6. The standard InChI is InChI=1S/C7H13NO2/c1-6(2)3-4-7(9)10-5-8/h1,3-5,8H2,2H3. The van der Waals surface area contributed by atoms with E-state index < -0.39 is 0 Å². The van der Waals surface area contributed by atoms with Crippen LogP contribution in [0.4, 0.5) is 0 Å². The molecule has 0 radical (unpaired) electrons. The SMILES string of the molecule is C=C(C)CCC(=O)OCN. The summed E-state index contributed by atoms with van der Waals surface area (Å²) in [7, 11) is 0. The van der Waals surface area contributed by atoms with Crippen molar-refractivity contribution in [1.82, 2.24) is 0 Å². The van der Waals surface area contributed by atoms with E-state index in [2.05, 4.69) is 11.3 Å².